The number of benzene rings is 1. The van der Waals surface area contributed by atoms with Crippen molar-refractivity contribution in [3.05, 3.63) is 24.3 Å². The molecule has 3 nitrogen and oxygen atoms in total. The van der Waals surface area contributed by atoms with Crippen LogP contribution in [0.3, 0.4) is 0 Å². The third-order valence-corrected chi connectivity index (χ3v) is 5.03. The maximum atomic E-state index is 5.76. The molecule has 0 saturated heterocycles. The summed E-state index contributed by atoms with van der Waals surface area (Å²) in [5, 5.41) is 0. The van der Waals surface area contributed by atoms with Crippen LogP contribution in [0, 0.1) is 17.8 Å². The summed E-state index contributed by atoms with van der Waals surface area (Å²) in [7, 11) is 2.22. The minimum Gasteiger partial charge on any atom is -0.492 e. The highest BCUT2D eigenvalue weighted by Crippen LogP contribution is 2.48. The maximum Gasteiger partial charge on any atom is 0.121 e. The Morgan fingerprint density at radius 3 is 2.90 bits per heavy atom. The topological polar surface area (TPSA) is 38.5 Å². The Balaban J connectivity index is 1.38. The smallest absolute Gasteiger partial charge is 0.121 e. The van der Waals surface area contributed by atoms with Crippen LogP contribution in [0.4, 0.5) is 5.69 Å². The van der Waals surface area contributed by atoms with Crippen molar-refractivity contribution in [1.82, 2.24) is 4.90 Å². The fraction of sp³-hybridized carbons (Fsp3) is 0.647. The lowest BCUT2D eigenvalue weighted by Crippen LogP contribution is -2.31. The van der Waals surface area contributed by atoms with E-state index in [0.717, 1.165) is 42.3 Å². The summed E-state index contributed by atoms with van der Waals surface area (Å²) in [6.07, 6.45) is 5.93. The molecule has 0 spiro atoms. The van der Waals surface area contributed by atoms with Crippen LogP contribution in [0.5, 0.6) is 5.75 Å². The third-order valence-electron chi connectivity index (χ3n) is 5.03. The van der Waals surface area contributed by atoms with Gasteiger partial charge < -0.3 is 15.4 Å². The zero-order chi connectivity index (χ0) is 13.9. The number of fused-ring (bicyclic) bond motifs is 2. The van der Waals surface area contributed by atoms with E-state index in [9.17, 15) is 0 Å². The second-order valence-electron chi connectivity index (χ2n) is 6.62. The van der Waals surface area contributed by atoms with Gasteiger partial charge in [0.1, 0.15) is 12.4 Å². The second-order valence-corrected chi connectivity index (χ2v) is 6.62. The highest BCUT2D eigenvalue weighted by Gasteiger charge is 2.39. The molecule has 2 saturated carbocycles. The number of nitrogens with zero attached hydrogens (tertiary/aromatic N) is 1. The summed E-state index contributed by atoms with van der Waals surface area (Å²) in [6.45, 7) is 2.96. The molecule has 1 aromatic carbocycles. The van der Waals surface area contributed by atoms with E-state index in [-0.39, 0.29) is 0 Å². The Labute approximate surface area is 122 Å². The molecular weight excluding hydrogens is 248 g/mol. The monoisotopic (exact) mass is 274 g/mol. The Bertz CT molecular complexity index is 448. The minimum atomic E-state index is 0.737. The van der Waals surface area contributed by atoms with Crippen molar-refractivity contribution in [3.8, 4) is 5.75 Å². The van der Waals surface area contributed by atoms with Crippen LogP contribution in [0.1, 0.15) is 25.7 Å². The molecule has 0 aliphatic heterocycles. The number of hydrogen-bond acceptors (Lipinski definition) is 3. The molecule has 1 aromatic rings. The Morgan fingerprint density at radius 1 is 1.30 bits per heavy atom. The number of anilines is 1. The number of nitrogen functional groups attached to an aromatic ring is 1. The predicted octanol–water partition coefficient (Wildman–Crippen LogP) is 3.02. The van der Waals surface area contributed by atoms with E-state index in [1.54, 1.807) is 0 Å². The molecule has 0 heterocycles. The minimum absolute atomic E-state index is 0.737. The molecule has 3 rings (SSSR count). The molecule has 2 bridgehead atoms. The molecule has 2 N–H and O–H groups in total. The zero-order valence-electron chi connectivity index (χ0n) is 12.4. The van der Waals surface area contributed by atoms with Crippen LogP contribution < -0.4 is 10.5 Å². The summed E-state index contributed by atoms with van der Waals surface area (Å²) >= 11 is 0. The molecule has 2 aliphatic rings. The van der Waals surface area contributed by atoms with Crippen molar-refractivity contribution in [2.75, 3.05) is 32.5 Å². The van der Waals surface area contributed by atoms with Crippen LogP contribution >= 0.6 is 0 Å². The number of likely N-dealkylation sites (N-methyl/N-ethyl adjacent to an activating group) is 1. The number of ether oxygens (including phenoxy) is 1. The van der Waals surface area contributed by atoms with Gasteiger partial charge in [-0.25, -0.2) is 0 Å². The van der Waals surface area contributed by atoms with Crippen molar-refractivity contribution in [2.24, 2.45) is 17.8 Å². The average molecular weight is 274 g/mol. The van der Waals surface area contributed by atoms with Gasteiger partial charge in [-0.2, -0.15) is 0 Å². The molecule has 0 amide bonds. The van der Waals surface area contributed by atoms with E-state index in [4.69, 9.17) is 10.5 Å². The largest absolute Gasteiger partial charge is 0.492 e. The SMILES string of the molecule is CN(CCOc1cccc(N)c1)CC1CC2CCC1C2. The maximum absolute atomic E-state index is 5.76. The lowest BCUT2D eigenvalue weighted by atomic mass is 9.88. The van der Waals surface area contributed by atoms with Crippen LogP contribution in [0.15, 0.2) is 24.3 Å². The van der Waals surface area contributed by atoms with Gasteiger partial charge in [-0.3, -0.25) is 0 Å². The summed E-state index contributed by atoms with van der Waals surface area (Å²) in [5.41, 5.74) is 6.51. The van der Waals surface area contributed by atoms with E-state index in [1.165, 1.54) is 32.2 Å². The first-order valence-electron chi connectivity index (χ1n) is 7.87. The van der Waals surface area contributed by atoms with Crippen molar-refractivity contribution in [3.63, 3.8) is 0 Å². The van der Waals surface area contributed by atoms with Gasteiger partial charge >= 0.3 is 0 Å². The van der Waals surface area contributed by atoms with E-state index in [0.29, 0.717) is 0 Å². The van der Waals surface area contributed by atoms with Crippen LogP contribution in [-0.4, -0.2) is 31.6 Å². The molecule has 0 radical (unpaired) electrons. The van der Waals surface area contributed by atoms with E-state index in [2.05, 4.69) is 11.9 Å². The number of nitrogens with two attached hydrogens (primary N) is 1. The normalized spacial score (nSPS) is 28.2. The fourth-order valence-electron chi connectivity index (χ4n) is 4.02. The van der Waals surface area contributed by atoms with Gasteiger partial charge in [-0.15, -0.1) is 0 Å². The second kappa shape index (κ2) is 6.04. The lowest BCUT2D eigenvalue weighted by Gasteiger charge is -2.27. The molecule has 110 valence electrons. The molecule has 2 aliphatic carbocycles. The van der Waals surface area contributed by atoms with Crippen LogP contribution in [0.2, 0.25) is 0 Å². The van der Waals surface area contributed by atoms with E-state index < -0.39 is 0 Å². The first-order valence-corrected chi connectivity index (χ1v) is 7.87. The molecular formula is C17H26N2O. The van der Waals surface area contributed by atoms with Crippen LogP contribution in [0.25, 0.3) is 0 Å². The van der Waals surface area contributed by atoms with Gasteiger partial charge in [0.2, 0.25) is 0 Å². The fourth-order valence-corrected chi connectivity index (χ4v) is 4.02. The van der Waals surface area contributed by atoms with Gasteiger partial charge in [0.15, 0.2) is 0 Å². The highest BCUT2D eigenvalue weighted by atomic mass is 16.5. The first kappa shape index (κ1) is 13.7. The Kier molecular flexibility index (Phi) is 4.16. The molecule has 3 heteroatoms. The van der Waals surface area contributed by atoms with Gasteiger partial charge in [0.05, 0.1) is 0 Å². The van der Waals surface area contributed by atoms with Crippen LogP contribution in [-0.2, 0) is 0 Å². The highest BCUT2D eigenvalue weighted by molar-refractivity contribution is 5.43. The quantitative estimate of drug-likeness (QED) is 0.810. The number of hydrogen-bond donors (Lipinski definition) is 1. The van der Waals surface area contributed by atoms with Gasteiger partial charge in [-0.1, -0.05) is 12.5 Å². The zero-order valence-corrected chi connectivity index (χ0v) is 12.4. The number of rotatable bonds is 6. The Morgan fingerprint density at radius 2 is 2.20 bits per heavy atom. The van der Waals surface area contributed by atoms with Crippen molar-refractivity contribution >= 4 is 5.69 Å². The molecule has 0 aromatic heterocycles. The van der Waals surface area contributed by atoms with Crippen molar-refractivity contribution < 1.29 is 4.74 Å². The van der Waals surface area contributed by atoms with Gasteiger partial charge in [0.25, 0.3) is 0 Å². The van der Waals surface area contributed by atoms with Gasteiger partial charge in [-0.05, 0) is 56.2 Å². The summed E-state index contributed by atoms with van der Waals surface area (Å²) in [4.78, 5) is 2.43. The Hall–Kier alpha value is -1.22. The predicted molar refractivity (Wildman–Crippen MR) is 82.8 cm³/mol. The first-order chi connectivity index (χ1) is 9.70. The summed E-state index contributed by atoms with van der Waals surface area (Å²) in [6, 6.07) is 7.67. The standard InChI is InChI=1S/C17H26N2O/c1-19(12-15-10-13-5-6-14(15)9-13)7-8-20-17-4-2-3-16(18)11-17/h2-4,11,13-15H,5-10,12,18H2,1H3. The molecule has 20 heavy (non-hydrogen) atoms. The average Bonchev–Trinajstić information content (AvgIpc) is 3.01. The van der Waals surface area contributed by atoms with Crippen molar-refractivity contribution in [2.45, 2.75) is 25.7 Å². The third kappa shape index (κ3) is 3.26. The lowest BCUT2D eigenvalue weighted by molar-refractivity contribution is 0.187. The van der Waals surface area contributed by atoms with E-state index >= 15 is 0 Å². The molecule has 2 fully saturated rings. The molecule has 3 unspecified atom stereocenters. The van der Waals surface area contributed by atoms with E-state index in [1.807, 2.05) is 24.3 Å². The summed E-state index contributed by atoms with van der Waals surface area (Å²) < 4.78 is 5.76. The summed E-state index contributed by atoms with van der Waals surface area (Å²) in [5.74, 6) is 3.86. The van der Waals surface area contributed by atoms with Gasteiger partial charge in [0, 0.05) is 24.8 Å². The molecule has 3 atom stereocenters. The van der Waals surface area contributed by atoms with Crippen molar-refractivity contribution in [1.29, 1.82) is 0 Å².